The third kappa shape index (κ3) is 10.5. The number of fused-ring (bicyclic) bond motifs is 2. The Morgan fingerprint density at radius 2 is 1.65 bits per heavy atom. The smallest absolute Gasteiger partial charge is 0.377 e. The van der Waals surface area contributed by atoms with Crippen LogP contribution in [0.3, 0.4) is 0 Å². The molecule has 0 radical (unpaired) electrons. The molecule has 6 heterocycles. The lowest BCUT2D eigenvalue weighted by molar-refractivity contribution is -0.477. The van der Waals surface area contributed by atoms with E-state index < -0.39 is 23.7 Å². The number of hydrogen-bond acceptors (Lipinski definition) is 10. The summed E-state index contributed by atoms with van der Waals surface area (Å²) >= 11 is 0. The molecule has 1 aliphatic carbocycles. The number of piperazine rings is 1. The van der Waals surface area contributed by atoms with E-state index in [0.717, 1.165) is 109 Å². The van der Waals surface area contributed by atoms with Gasteiger partial charge in [-0.3, -0.25) is 14.6 Å². The Balaban J connectivity index is 0.671. The first-order valence-electron chi connectivity index (χ1n) is 25.5. The number of benzene rings is 3. The van der Waals surface area contributed by atoms with Crippen LogP contribution < -0.4 is 10.2 Å². The number of hydrogen-bond donors (Lipinski definition) is 2. The molecule has 1 unspecified atom stereocenters. The number of ether oxygens (including phenoxy) is 1. The lowest BCUT2D eigenvalue weighted by Gasteiger charge is -2.39. The van der Waals surface area contributed by atoms with Crippen molar-refractivity contribution in [3.05, 3.63) is 112 Å². The summed E-state index contributed by atoms with van der Waals surface area (Å²) in [5, 5.41) is 4.00. The Labute approximate surface area is 412 Å². The number of aryl methyl sites for hydroxylation is 1. The molecule has 0 bridgehead atoms. The van der Waals surface area contributed by atoms with Crippen LogP contribution in [-0.2, 0) is 29.4 Å². The van der Waals surface area contributed by atoms with Gasteiger partial charge in [0.25, 0.3) is 0 Å². The molecule has 6 aromatic rings. The zero-order valence-corrected chi connectivity index (χ0v) is 41.0. The number of anilines is 2. The first-order chi connectivity index (χ1) is 34.3. The SMILES string of the molecule is COCc1nc2ccc(-c3ccnc4c3cc([C@H](C)N3CCC(c5ccc(C(=O)CC6CCC(CN7CCN(c8ccc(NC9CCC[N+](=O)C9=O)cc8C(F)(F)F)CC7)CC6)cc5)CC3)n4C)cc2[nH]1. The number of rotatable bonds is 14. The molecule has 13 nitrogen and oxygen atoms in total. The van der Waals surface area contributed by atoms with Gasteiger partial charge in [-0.25, -0.2) is 14.8 Å². The lowest BCUT2D eigenvalue weighted by Crippen LogP contribution is -2.48. The van der Waals surface area contributed by atoms with Gasteiger partial charge in [0.05, 0.1) is 21.4 Å². The summed E-state index contributed by atoms with van der Waals surface area (Å²) < 4.78 is 50.9. The minimum atomic E-state index is -4.57. The Morgan fingerprint density at radius 1 is 0.901 bits per heavy atom. The van der Waals surface area contributed by atoms with Crippen molar-refractivity contribution in [2.75, 3.05) is 69.7 Å². The number of nitrogens with zero attached hydrogens (tertiary/aromatic N) is 7. The number of imidazole rings is 1. The summed E-state index contributed by atoms with van der Waals surface area (Å²) in [6, 6.07) is 22.7. The molecule has 2 atom stereocenters. The largest absolute Gasteiger partial charge is 0.454 e. The van der Waals surface area contributed by atoms with Gasteiger partial charge in [-0.05, 0) is 142 Å². The van der Waals surface area contributed by atoms with Gasteiger partial charge in [0.2, 0.25) is 6.54 Å². The maximum Gasteiger partial charge on any atom is 0.454 e. The van der Waals surface area contributed by atoms with Gasteiger partial charge in [-0.15, -0.1) is 0 Å². The number of methoxy groups -OCH3 is 1. The number of aromatic amines is 1. The van der Waals surface area contributed by atoms with Crippen LogP contribution in [0.1, 0.15) is 110 Å². The highest BCUT2D eigenvalue weighted by atomic mass is 19.4. The number of nitrogens with one attached hydrogen (secondary N) is 2. The number of nitroso groups, excluding NO2 is 1. The fourth-order valence-electron chi connectivity index (χ4n) is 11.9. The molecular formula is C55H65F3N9O4+. The number of aromatic nitrogens is 4. The Kier molecular flexibility index (Phi) is 14.1. The first kappa shape index (κ1) is 48.6. The number of carbonyl (C=O) groups is 2. The van der Waals surface area contributed by atoms with E-state index in [0.29, 0.717) is 74.6 Å². The monoisotopic (exact) mass is 973 g/mol. The van der Waals surface area contributed by atoms with E-state index in [1.165, 1.54) is 17.3 Å². The second-order valence-electron chi connectivity index (χ2n) is 20.5. The second kappa shape index (κ2) is 20.6. The third-order valence-corrected chi connectivity index (χ3v) is 16.0. The number of pyridine rings is 1. The van der Waals surface area contributed by atoms with Crippen LogP contribution in [0.5, 0.6) is 0 Å². The summed E-state index contributed by atoms with van der Waals surface area (Å²) in [5.74, 6) is 1.69. The molecule has 374 valence electrons. The lowest BCUT2D eigenvalue weighted by atomic mass is 9.79. The van der Waals surface area contributed by atoms with Crippen molar-refractivity contribution in [2.45, 2.75) is 95.5 Å². The quantitative estimate of drug-likeness (QED) is 0.0803. The number of halogens is 3. The highest BCUT2D eigenvalue weighted by Crippen LogP contribution is 2.41. The number of carbonyl (C=O) groups excluding carboxylic acids is 2. The van der Waals surface area contributed by atoms with Crippen molar-refractivity contribution in [1.82, 2.24) is 29.3 Å². The molecule has 71 heavy (non-hydrogen) atoms. The second-order valence-corrected chi connectivity index (χ2v) is 20.5. The van der Waals surface area contributed by atoms with Crippen LogP contribution in [0.25, 0.3) is 33.2 Å². The van der Waals surface area contributed by atoms with E-state index in [9.17, 15) is 27.7 Å². The fourth-order valence-corrected chi connectivity index (χ4v) is 11.9. The standard InChI is InChI=1S/C55H65F3N9O4/c1-35(50-32-44-43(18-21-59-53(44)63(50)2)41-14-16-46-48(30-41)62-52(61-46)34-71-3)65-23-19-39(20-24-65)38-10-12-40(13-11-38)51(68)29-36-6-8-37(9-7-36)33-64-25-27-66(28-26-64)49-17-15-42(31-45(49)55(56,57)58)60-47-5-4-22-67(70)54(47)69/h10-18,21,30-32,35-37,39,47,60H,4-9,19-20,22-29,33-34H2,1-3H3,(H,61,62)/q+1/t35-,36?,37?,47?/m0/s1. The molecular weight excluding hydrogens is 908 g/mol. The van der Waals surface area contributed by atoms with Gasteiger partial charge in [0.1, 0.15) is 18.1 Å². The van der Waals surface area contributed by atoms with E-state index >= 15 is 0 Å². The van der Waals surface area contributed by atoms with Crippen LogP contribution in [0.4, 0.5) is 24.5 Å². The Morgan fingerprint density at radius 3 is 2.38 bits per heavy atom. The van der Waals surface area contributed by atoms with E-state index in [1.54, 1.807) is 18.1 Å². The molecule has 3 aromatic heterocycles. The molecule has 16 heteroatoms. The van der Waals surface area contributed by atoms with Gasteiger partial charge in [-0.2, -0.15) is 13.2 Å². The molecule has 2 N–H and O–H groups in total. The Bertz CT molecular complexity index is 2890. The van der Waals surface area contributed by atoms with Crippen LogP contribution in [-0.4, -0.2) is 111 Å². The third-order valence-electron chi connectivity index (χ3n) is 16.0. The topological polar surface area (TPSA) is 132 Å². The van der Waals surface area contributed by atoms with Gasteiger partial charge >= 0.3 is 12.1 Å². The van der Waals surface area contributed by atoms with E-state index in [1.807, 2.05) is 18.3 Å². The molecule has 0 spiro atoms. The Hall–Kier alpha value is -5.97. The van der Waals surface area contributed by atoms with Gasteiger partial charge in [0, 0.05) is 105 Å². The summed E-state index contributed by atoms with van der Waals surface area (Å²) in [4.78, 5) is 57.2. The van der Waals surface area contributed by atoms with E-state index in [-0.39, 0.29) is 29.7 Å². The predicted molar refractivity (Wildman–Crippen MR) is 270 cm³/mol. The first-order valence-corrected chi connectivity index (χ1v) is 25.5. The molecule has 10 rings (SSSR count). The molecule has 1 amide bonds. The fraction of sp³-hybridized carbons (Fsp3) is 0.491. The van der Waals surface area contributed by atoms with Crippen molar-refractivity contribution in [2.24, 2.45) is 18.9 Å². The molecule has 4 fully saturated rings. The summed E-state index contributed by atoms with van der Waals surface area (Å²) in [7, 11) is 3.79. The maximum atomic E-state index is 14.3. The average Bonchev–Trinajstić information content (AvgIpc) is 3.95. The van der Waals surface area contributed by atoms with Gasteiger partial charge < -0.3 is 24.5 Å². The van der Waals surface area contributed by atoms with Crippen LogP contribution >= 0.6 is 0 Å². The normalized spacial score (nSPS) is 21.6. The zero-order chi connectivity index (χ0) is 49.4. The van der Waals surface area contributed by atoms with Crippen LogP contribution in [0, 0.1) is 16.7 Å². The van der Waals surface area contributed by atoms with Crippen molar-refractivity contribution in [1.29, 1.82) is 0 Å². The number of piperidine rings is 2. The highest BCUT2D eigenvalue weighted by Gasteiger charge is 2.39. The minimum Gasteiger partial charge on any atom is -0.377 e. The number of Topliss-reactive ketones (excluding diaryl/α,β-unsaturated/α-hetero) is 1. The van der Waals surface area contributed by atoms with Crippen molar-refractivity contribution in [3.63, 3.8) is 0 Å². The van der Waals surface area contributed by atoms with Crippen molar-refractivity contribution >= 4 is 45.1 Å². The molecule has 3 saturated heterocycles. The van der Waals surface area contributed by atoms with Crippen molar-refractivity contribution < 1.29 is 32.3 Å². The predicted octanol–water partition coefficient (Wildman–Crippen LogP) is 10.3. The van der Waals surface area contributed by atoms with E-state index in [2.05, 4.69) is 86.1 Å². The number of amides is 1. The van der Waals surface area contributed by atoms with Crippen LogP contribution in [0.2, 0.25) is 0 Å². The summed E-state index contributed by atoms with van der Waals surface area (Å²) in [6.07, 6.45) is 5.01. The van der Waals surface area contributed by atoms with Gasteiger partial charge in [-0.1, -0.05) is 30.3 Å². The molecule has 3 aliphatic heterocycles. The number of likely N-dealkylation sites (tertiary alicyclic amines) is 1. The number of alkyl halides is 3. The zero-order valence-electron chi connectivity index (χ0n) is 41.0. The maximum absolute atomic E-state index is 14.3. The molecule has 4 aliphatic rings. The minimum absolute atomic E-state index is 0.108. The molecule has 3 aromatic carbocycles. The van der Waals surface area contributed by atoms with Crippen LogP contribution in [0.15, 0.2) is 79.0 Å². The number of H-pyrrole nitrogens is 1. The van der Waals surface area contributed by atoms with Crippen molar-refractivity contribution in [3.8, 4) is 11.1 Å². The van der Waals surface area contributed by atoms with E-state index in [4.69, 9.17) is 9.72 Å². The summed E-state index contributed by atoms with van der Waals surface area (Å²) in [6.45, 7) is 8.05. The average molecular weight is 973 g/mol. The number of ketones is 1. The summed E-state index contributed by atoms with van der Waals surface area (Å²) in [5.41, 5.74) is 8.05. The highest BCUT2D eigenvalue weighted by molar-refractivity contribution is 5.97. The molecule has 1 saturated carbocycles. The van der Waals surface area contributed by atoms with Gasteiger partial charge in [0.15, 0.2) is 11.8 Å².